The van der Waals surface area contributed by atoms with Crippen molar-refractivity contribution < 1.29 is 9.21 Å². The van der Waals surface area contributed by atoms with Crippen molar-refractivity contribution in [2.45, 2.75) is 49.6 Å². The van der Waals surface area contributed by atoms with Crippen LogP contribution in [0.4, 0.5) is 0 Å². The first-order valence-electron chi connectivity index (χ1n) is 7.48. The number of furan rings is 1. The average Bonchev–Trinajstić information content (AvgIpc) is 3.09. The molecule has 5 nitrogen and oxygen atoms in total. The Morgan fingerprint density at radius 1 is 1.50 bits per heavy atom. The number of hydrogen-bond acceptors (Lipinski definition) is 5. The molecule has 0 N–H and O–H groups in total. The van der Waals surface area contributed by atoms with E-state index in [1.165, 1.54) is 11.8 Å². The van der Waals surface area contributed by atoms with Crippen molar-refractivity contribution in [1.82, 2.24) is 14.8 Å². The molecule has 2 aromatic rings. The lowest BCUT2D eigenvalue weighted by Crippen LogP contribution is -2.21. The molecular formula is C16H19N3O2S. The quantitative estimate of drug-likeness (QED) is 0.788. The fourth-order valence-corrected chi connectivity index (χ4v) is 3.85. The molecule has 0 aliphatic heterocycles. The number of hydrogen-bond donors (Lipinski definition) is 0. The second kappa shape index (κ2) is 6.52. The summed E-state index contributed by atoms with van der Waals surface area (Å²) in [5.74, 6) is 1.89. The molecule has 3 rings (SSSR count). The molecule has 1 aliphatic rings. The predicted molar refractivity (Wildman–Crippen MR) is 85.8 cm³/mol. The molecule has 116 valence electrons. The molecule has 0 saturated heterocycles. The molecule has 1 aliphatic carbocycles. The third kappa shape index (κ3) is 2.88. The van der Waals surface area contributed by atoms with E-state index in [0.717, 1.165) is 41.6 Å². The van der Waals surface area contributed by atoms with Gasteiger partial charge >= 0.3 is 0 Å². The molecular weight excluding hydrogens is 298 g/mol. The number of carbonyl (C=O) groups is 1. The second-order valence-electron chi connectivity index (χ2n) is 5.41. The lowest BCUT2D eigenvalue weighted by molar-refractivity contribution is -0.119. The highest BCUT2D eigenvalue weighted by molar-refractivity contribution is 8.00. The molecule has 1 fully saturated rings. The Labute approximate surface area is 133 Å². The summed E-state index contributed by atoms with van der Waals surface area (Å²) in [7, 11) is 0. The van der Waals surface area contributed by atoms with Crippen molar-refractivity contribution in [3.63, 3.8) is 0 Å². The summed E-state index contributed by atoms with van der Waals surface area (Å²) in [6.45, 7) is 6.32. The maximum absolute atomic E-state index is 12.0. The average molecular weight is 317 g/mol. The van der Waals surface area contributed by atoms with E-state index >= 15 is 0 Å². The number of rotatable bonds is 5. The molecule has 1 atom stereocenters. The number of ketones is 1. The Balaban J connectivity index is 1.91. The van der Waals surface area contributed by atoms with Crippen LogP contribution in [0.2, 0.25) is 0 Å². The zero-order chi connectivity index (χ0) is 15.5. The highest BCUT2D eigenvalue weighted by Gasteiger charge is 2.26. The van der Waals surface area contributed by atoms with E-state index in [9.17, 15) is 4.79 Å². The van der Waals surface area contributed by atoms with Gasteiger partial charge in [0.15, 0.2) is 11.0 Å². The van der Waals surface area contributed by atoms with Gasteiger partial charge in [-0.25, -0.2) is 0 Å². The number of nitrogens with zero attached hydrogens (tertiary/aromatic N) is 3. The third-order valence-electron chi connectivity index (χ3n) is 3.87. The van der Waals surface area contributed by atoms with Crippen LogP contribution in [0.3, 0.4) is 0 Å². The van der Waals surface area contributed by atoms with Gasteiger partial charge in [0, 0.05) is 13.0 Å². The summed E-state index contributed by atoms with van der Waals surface area (Å²) in [4.78, 5) is 12.0. The largest absolute Gasteiger partial charge is 0.469 e. The van der Waals surface area contributed by atoms with Gasteiger partial charge in [-0.3, -0.25) is 9.36 Å². The zero-order valence-electron chi connectivity index (χ0n) is 12.6. The minimum Gasteiger partial charge on any atom is -0.469 e. The van der Waals surface area contributed by atoms with Crippen molar-refractivity contribution >= 4 is 17.5 Å². The SMILES string of the molecule is C=CCn1c(SC2CCCCC2=O)nnc1-c1ccoc1C. The van der Waals surface area contributed by atoms with Gasteiger partial charge in [-0.15, -0.1) is 16.8 Å². The fourth-order valence-electron chi connectivity index (χ4n) is 2.69. The van der Waals surface area contributed by atoms with Crippen LogP contribution >= 0.6 is 11.8 Å². The first kappa shape index (κ1) is 15.1. The topological polar surface area (TPSA) is 60.9 Å². The Bertz CT molecular complexity index is 689. The fraction of sp³-hybridized carbons (Fsp3) is 0.438. The van der Waals surface area contributed by atoms with Gasteiger partial charge in [-0.2, -0.15) is 0 Å². The van der Waals surface area contributed by atoms with Crippen LogP contribution in [0.5, 0.6) is 0 Å². The monoisotopic (exact) mass is 317 g/mol. The molecule has 0 radical (unpaired) electrons. The molecule has 0 spiro atoms. The van der Waals surface area contributed by atoms with Gasteiger partial charge in [-0.1, -0.05) is 24.3 Å². The Kier molecular flexibility index (Phi) is 4.47. The molecule has 0 bridgehead atoms. The minimum atomic E-state index is -0.000174. The van der Waals surface area contributed by atoms with Crippen molar-refractivity contribution in [2.24, 2.45) is 0 Å². The molecule has 0 amide bonds. The van der Waals surface area contributed by atoms with Crippen LogP contribution in [0.1, 0.15) is 31.4 Å². The van der Waals surface area contributed by atoms with Crippen molar-refractivity contribution in [3.8, 4) is 11.4 Å². The van der Waals surface area contributed by atoms with Crippen LogP contribution in [0.15, 0.2) is 34.6 Å². The normalized spacial score (nSPS) is 18.6. The van der Waals surface area contributed by atoms with Gasteiger partial charge in [0.25, 0.3) is 0 Å². The van der Waals surface area contributed by atoms with Crippen LogP contribution in [0.25, 0.3) is 11.4 Å². The number of Topliss-reactive ketones (excluding diaryl/α,β-unsaturated/α-hetero) is 1. The van der Waals surface area contributed by atoms with E-state index in [2.05, 4.69) is 16.8 Å². The lowest BCUT2D eigenvalue weighted by Gasteiger charge is -2.19. The lowest BCUT2D eigenvalue weighted by atomic mass is 9.99. The summed E-state index contributed by atoms with van der Waals surface area (Å²) < 4.78 is 7.36. The van der Waals surface area contributed by atoms with Gasteiger partial charge in [-0.05, 0) is 25.8 Å². The molecule has 1 unspecified atom stereocenters. The molecule has 2 aromatic heterocycles. The first-order valence-corrected chi connectivity index (χ1v) is 8.36. The van der Waals surface area contributed by atoms with Gasteiger partial charge < -0.3 is 4.42 Å². The van der Waals surface area contributed by atoms with Crippen LogP contribution < -0.4 is 0 Å². The number of aromatic nitrogens is 3. The number of allylic oxidation sites excluding steroid dienone is 1. The number of thioether (sulfide) groups is 1. The van der Waals surface area contributed by atoms with E-state index in [1.54, 1.807) is 6.26 Å². The van der Waals surface area contributed by atoms with E-state index in [1.807, 2.05) is 23.6 Å². The summed E-state index contributed by atoms with van der Waals surface area (Å²) in [5, 5.41) is 9.37. The van der Waals surface area contributed by atoms with Crippen molar-refractivity contribution in [3.05, 3.63) is 30.7 Å². The summed E-state index contributed by atoms with van der Waals surface area (Å²) in [6.07, 6.45) is 7.18. The van der Waals surface area contributed by atoms with Gasteiger partial charge in [0.05, 0.1) is 17.1 Å². The third-order valence-corrected chi connectivity index (χ3v) is 5.17. The standard InChI is InChI=1S/C16H19N3O2S/c1-3-9-19-15(12-8-10-21-11(12)2)17-18-16(19)22-14-7-5-4-6-13(14)20/h3,8,10,14H,1,4-7,9H2,2H3. The number of carbonyl (C=O) groups excluding carboxylic acids is 1. The maximum Gasteiger partial charge on any atom is 0.192 e. The van der Waals surface area contributed by atoms with E-state index in [4.69, 9.17) is 4.42 Å². The van der Waals surface area contributed by atoms with Crippen LogP contribution in [0, 0.1) is 6.92 Å². The minimum absolute atomic E-state index is 0.000174. The first-order chi connectivity index (χ1) is 10.7. The van der Waals surface area contributed by atoms with E-state index in [-0.39, 0.29) is 5.25 Å². The highest BCUT2D eigenvalue weighted by atomic mass is 32.2. The smallest absolute Gasteiger partial charge is 0.192 e. The molecule has 1 saturated carbocycles. The summed E-state index contributed by atoms with van der Waals surface area (Å²) in [6, 6.07) is 1.89. The maximum atomic E-state index is 12.0. The second-order valence-corrected chi connectivity index (χ2v) is 6.58. The number of aryl methyl sites for hydroxylation is 1. The van der Waals surface area contributed by atoms with Gasteiger partial charge in [0.1, 0.15) is 11.5 Å². The molecule has 22 heavy (non-hydrogen) atoms. The zero-order valence-corrected chi connectivity index (χ0v) is 13.4. The van der Waals surface area contributed by atoms with E-state index < -0.39 is 0 Å². The summed E-state index contributed by atoms with van der Waals surface area (Å²) in [5.41, 5.74) is 0.927. The van der Waals surface area contributed by atoms with Crippen LogP contribution in [-0.4, -0.2) is 25.8 Å². The Morgan fingerprint density at radius 3 is 3.05 bits per heavy atom. The Morgan fingerprint density at radius 2 is 2.36 bits per heavy atom. The molecule has 2 heterocycles. The van der Waals surface area contributed by atoms with Crippen molar-refractivity contribution in [1.29, 1.82) is 0 Å². The molecule has 6 heteroatoms. The summed E-state index contributed by atoms with van der Waals surface area (Å²) >= 11 is 1.52. The Hall–Kier alpha value is -1.82. The highest BCUT2D eigenvalue weighted by Crippen LogP contribution is 2.33. The molecule has 0 aromatic carbocycles. The van der Waals surface area contributed by atoms with Gasteiger partial charge in [0.2, 0.25) is 0 Å². The van der Waals surface area contributed by atoms with Crippen LogP contribution in [-0.2, 0) is 11.3 Å². The van der Waals surface area contributed by atoms with E-state index in [0.29, 0.717) is 18.7 Å². The predicted octanol–water partition coefficient (Wildman–Crippen LogP) is 3.64. The van der Waals surface area contributed by atoms with Crippen molar-refractivity contribution in [2.75, 3.05) is 0 Å².